The van der Waals surface area contributed by atoms with Crippen LogP contribution < -0.4 is 5.73 Å². The maximum absolute atomic E-state index is 14.0. The Balaban J connectivity index is 2.06. The zero-order chi connectivity index (χ0) is 13.8. The standard InChI is InChI=1S/C15H22FN3/c1-2-3-8-19(13-6-7-13)10-12-5-4-11(15(17)18)9-14(12)16/h4-5,9,13H,2-3,6-8,10H2,1H3,(H3,17,18). The second-order valence-electron chi connectivity index (χ2n) is 5.28. The molecule has 0 unspecified atom stereocenters. The number of benzene rings is 1. The topological polar surface area (TPSA) is 53.1 Å². The Hall–Kier alpha value is -1.42. The van der Waals surface area contributed by atoms with E-state index in [1.54, 1.807) is 12.1 Å². The van der Waals surface area contributed by atoms with E-state index < -0.39 is 0 Å². The lowest BCUT2D eigenvalue weighted by Crippen LogP contribution is -2.27. The third-order valence-corrected chi connectivity index (χ3v) is 3.60. The van der Waals surface area contributed by atoms with Crippen LogP contribution in [0, 0.1) is 11.2 Å². The minimum Gasteiger partial charge on any atom is -0.384 e. The molecule has 1 fully saturated rings. The van der Waals surface area contributed by atoms with Crippen LogP contribution >= 0.6 is 0 Å². The van der Waals surface area contributed by atoms with E-state index in [0.717, 1.165) is 19.4 Å². The van der Waals surface area contributed by atoms with Crippen LogP contribution in [-0.2, 0) is 6.54 Å². The largest absolute Gasteiger partial charge is 0.384 e. The normalized spacial score (nSPS) is 14.9. The molecule has 0 atom stereocenters. The summed E-state index contributed by atoms with van der Waals surface area (Å²) in [5.41, 5.74) is 6.52. The Morgan fingerprint density at radius 2 is 2.21 bits per heavy atom. The van der Waals surface area contributed by atoms with Crippen molar-refractivity contribution in [3.05, 3.63) is 35.1 Å². The van der Waals surface area contributed by atoms with Crippen LogP contribution in [0.5, 0.6) is 0 Å². The van der Waals surface area contributed by atoms with E-state index in [-0.39, 0.29) is 11.7 Å². The smallest absolute Gasteiger partial charge is 0.128 e. The molecule has 0 spiro atoms. The van der Waals surface area contributed by atoms with Gasteiger partial charge in [0.15, 0.2) is 0 Å². The quantitative estimate of drug-likeness (QED) is 0.587. The van der Waals surface area contributed by atoms with E-state index in [1.165, 1.54) is 18.9 Å². The van der Waals surface area contributed by atoms with Crippen molar-refractivity contribution in [2.75, 3.05) is 6.54 Å². The summed E-state index contributed by atoms with van der Waals surface area (Å²) < 4.78 is 14.0. The second-order valence-corrected chi connectivity index (χ2v) is 5.28. The van der Waals surface area contributed by atoms with Crippen LogP contribution in [0.25, 0.3) is 0 Å². The molecule has 1 aliphatic carbocycles. The summed E-state index contributed by atoms with van der Waals surface area (Å²) in [6.07, 6.45) is 4.78. The fourth-order valence-corrected chi connectivity index (χ4v) is 2.25. The van der Waals surface area contributed by atoms with Gasteiger partial charge in [0.1, 0.15) is 11.7 Å². The lowest BCUT2D eigenvalue weighted by molar-refractivity contribution is 0.247. The van der Waals surface area contributed by atoms with Gasteiger partial charge in [0.2, 0.25) is 0 Å². The highest BCUT2D eigenvalue weighted by atomic mass is 19.1. The Morgan fingerprint density at radius 1 is 1.47 bits per heavy atom. The van der Waals surface area contributed by atoms with E-state index in [1.807, 2.05) is 0 Å². The molecule has 4 heteroatoms. The predicted molar refractivity (Wildman–Crippen MR) is 75.8 cm³/mol. The van der Waals surface area contributed by atoms with Gasteiger partial charge in [0.25, 0.3) is 0 Å². The zero-order valence-electron chi connectivity index (χ0n) is 11.5. The first-order valence-electron chi connectivity index (χ1n) is 6.98. The van der Waals surface area contributed by atoms with Crippen LogP contribution in [-0.4, -0.2) is 23.3 Å². The van der Waals surface area contributed by atoms with Crippen molar-refractivity contribution in [3.63, 3.8) is 0 Å². The van der Waals surface area contributed by atoms with Crippen LogP contribution in [0.4, 0.5) is 4.39 Å². The van der Waals surface area contributed by atoms with Gasteiger partial charge < -0.3 is 5.73 Å². The van der Waals surface area contributed by atoms with Gasteiger partial charge in [-0.25, -0.2) is 4.39 Å². The molecule has 0 heterocycles. The molecule has 1 saturated carbocycles. The summed E-state index contributed by atoms with van der Waals surface area (Å²) in [5, 5.41) is 7.31. The number of rotatable bonds is 7. The number of nitrogens with one attached hydrogen (secondary N) is 1. The van der Waals surface area contributed by atoms with E-state index in [4.69, 9.17) is 11.1 Å². The lowest BCUT2D eigenvalue weighted by atomic mass is 10.1. The predicted octanol–water partition coefficient (Wildman–Crippen LogP) is 2.87. The van der Waals surface area contributed by atoms with Gasteiger partial charge in [-0.2, -0.15) is 0 Å². The van der Waals surface area contributed by atoms with Crippen LogP contribution in [0.3, 0.4) is 0 Å². The number of nitrogen functional groups attached to an aromatic ring is 1. The molecule has 0 bridgehead atoms. The molecule has 19 heavy (non-hydrogen) atoms. The van der Waals surface area contributed by atoms with Gasteiger partial charge in [-0.05, 0) is 31.9 Å². The van der Waals surface area contributed by atoms with E-state index in [0.29, 0.717) is 23.7 Å². The van der Waals surface area contributed by atoms with Crippen LogP contribution in [0.1, 0.15) is 43.7 Å². The van der Waals surface area contributed by atoms with Gasteiger partial charge in [0, 0.05) is 23.7 Å². The fourth-order valence-electron chi connectivity index (χ4n) is 2.25. The van der Waals surface area contributed by atoms with Crippen molar-refractivity contribution in [1.82, 2.24) is 4.90 Å². The highest BCUT2D eigenvalue weighted by Crippen LogP contribution is 2.29. The molecule has 0 aromatic heterocycles. The molecule has 0 radical (unpaired) electrons. The van der Waals surface area contributed by atoms with Crippen molar-refractivity contribution in [1.29, 1.82) is 5.41 Å². The molecule has 1 aromatic carbocycles. The minimum atomic E-state index is -0.255. The maximum atomic E-state index is 14.0. The van der Waals surface area contributed by atoms with Gasteiger partial charge >= 0.3 is 0 Å². The van der Waals surface area contributed by atoms with Crippen LogP contribution in [0.2, 0.25) is 0 Å². The molecule has 0 amide bonds. The van der Waals surface area contributed by atoms with Crippen molar-refractivity contribution in [3.8, 4) is 0 Å². The van der Waals surface area contributed by atoms with Gasteiger partial charge in [-0.3, -0.25) is 10.3 Å². The van der Waals surface area contributed by atoms with Gasteiger partial charge in [0.05, 0.1) is 0 Å². The van der Waals surface area contributed by atoms with Crippen molar-refractivity contribution in [2.45, 2.75) is 45.2 Å². The molecule has 3 N–H and O–H groups in total. The number of nitrogens with zero attached hydrogens (tertiary/aromatic N) is 1. The van der Waals surface area contributed by atoms with E-state index in [2.05, 4.69) is 11.8 Å². The number of halogens is 1. The fraction of sp³-hybridized carbons (Fsp3) is 0.533. The highest BCUT2D eigenvalue weighted by molar-refractivity contribution is 5.94. The molecule has 0 aliphatic heterocycles. The van der Waals surface area contributed by atoms with Gasteiger partial charge in [-0.1, -0.05) is 25.5 Å². The average molecular weight is 263 g/mol. The number of hydrogen-bond acceptors (Lipinski definition) is 2. The molecular weight excluding hydrogens is 241 g/mol. The van der Waals surface area contributed by atoms with Gasteiger partial charge in [-0.15, -0.1) is 0 Å². The highest BCUT2D eigenvalue weighted by Gasteiger charge is 2.28. The molecule has 3 nitrogen and oxygen atoms in total. The van der Waals surface area contributed by atoms with Crippen molar-refractivity contribution < 1.29 is 4.39 Å². The number of hydrogen-bond donors (Lipinski definition) is 2. The zero-order valence-corrected chi connectivity index (χ0v) is 11.5. The van der Waals surface area contributed by atoms with Crippen LogP contribution in [0.15, 0.2) is 18.2 Å². The average Bonchev–Trinajstić information content (AvgIpc) is 3.20. The summed E-state index contributed by atoms with van der Waals surface area (Å²) in [5.74, 6) is -0.342. The first kappa shape index (κ1) is 14.0. The Labute approximate surface area is 114 Å². The molecule has 1 aliphatic rings. The molecule has 2 rings (SSSR count). The van der Waals surface area contributed by atoms with E-state index in [9.17, 15) is 4.39 Å². The Morgan fingerprint density at radius 3 is 2.74 bits per heavy atom. The first-order valence-corrected chi connectivity index (χ1v) is 6.98. The van der Waals surface area contributed by atoms with Crippen molar-refractivity contribution in [2.24, 2.45) is 5.73 Å². The summed E-state index contributed by atoms with van der Waals surface area (Å²) in [6, 6.07) is 5.49. The minimum absolute atomic E-state index is 0.0875. The number of nitrogens with two attached hydrogens (primary N) is 1. The third kappa shape index (κ3) is 3.77. The molecular formula is C15H22FN3. The van der Waals surface area contributed by atoms with E-state index >= 15 is 0 Å². The monoisotopic (exact) mass is 263 g/mol. The third-order valence-electron chi connectivity index (χ3n) is 3.60. The number of unbranched alkanes of at least 4 members (excludes halogenated alkanes) is 1. The SMILES string of the molecule is CCCCN(Cc1ccc(C(=N)N)cc1F)C1CC1. The number of amidine groups is 1. The van der Waals surface area contributed by atoms with Crippen molar-refractivity contribution >= 4 is 5.84 Å². The maximum Gasteiger partial charge on any atom is 0.128 e. The molecule has 1 aromatic rings. The summed E-state index contributed by atoms with van der Waals surface area (Å²) in [6.45, 7) is 3.87. The molecule has 0 saturated heterocycles. The summed E-state index contributed by atoms with van der Waals surface area (Å²) in [4.78, 5) is 2.37. The summed E-state index contributed by atoms with van der Waals surface area (Å²) >= 11 is 0. The lowest BCUT2D eigenvalue weighted by Gasteiger charge is -2.22. The Bertz CT molecular complexity index is 455. The summed E-state index contributed by atoms with van der Waals surface area (Å²) in [7, 11) is 0. The second kappa shape index (κ2) is 6.15. The molecule has 104 valence electrons. The Kier molecular flexibility index (Phi) is 4.53. The first-order chi connectivity index (χ1) is 9.11.